The number of nitrogen functional groups attached to an aromatic ring is 1. The molecule has 5 nitrogen and oxygen atoms in total. The van der Waals surface area contributed by atoms with Crippen LogP contribution in [0.15, 0.2) is 12.3 Å². The molecule has 2 N–H and O–H groups in total. The fourth-order valence-electron chi connectivity index (χ4n) is 2.34. The average Bonchev–Trinajstić information content (AvgIpc) is 2.69. The Labute approximate surface area is 114 Å². The smallest absolute Gasteiger partial charge is 0.202 e. The lowest BCUT2D eigenvalue weighted by atomic mass is 10.3. The quantitative estimate of drug-likeness (QED) is 0.864. The van der Waals surface area contributed by atoms with E-state index in [1.54, 1.807) is 0 Å². The number of fused-ring (bicyclic) bond motifs is 1. The Balaban J connectivity index is 2.18. The molecular weight excluding hydrogens is 238 g/mol. The molecule has 0 amide bonds. The number of hydrogen-bond donors (Lipinski definition) is 1. The van der Waals surface area contributed by atoms with Crippen molar-refractivity contribution in [1.82, 2.24) is 19.4 Å². The van der Waals surface area contributed by atoms with Crippen LogP contribution in [0.3, 0.4) is 0 Å². The van der Waals surface area contributed by atoms with E-state index in [4.69, 9.17) is 5.73 Å². The molecule has 5 heteroatoms. The van der Waals surface area contributed by atoms with Gasteiger partial charge in [-0.25, -0.2) is 9.97 Å². The summed E-state index contributed by atoms with van der Waals surface area (Å²) in [5.41, 5.74) is 8.88. The summed E-state index contributed by atoms with van der Waals surface area (Å²) in [6.07, 6.45) is 3.04. The van der Waals surface area contributed by atoms with Crippen molar-refractivity contribution in [3.63, 3.8) is 0 Å². The van der Waals surface area contributed by atoms with Gasteiger partial charge in [-0.05, 0) is 38.1 Å². The number of pyridine rings is 1. The van der Waals surface area contributed by atoms with E-state index in [2.05, 4.69) is 28.7 Å². The molecule has 2 aromatic heterocycles. The second-order valence-electron chi connectivity index (χ2n) is 4.91. The normalized spacial score (nSPS) is 11.6. The molecule has 0 saturated heterocycles. The SMILES string of the molecule is CCCN(CC)CCn1c(N)nc2cc(C)cnc21. The number of imidazole rings is 1. The predicted molar refractivity (Wildman–Crippen MR) is 79.1 cm³/mol. The third-order valence-corrected chi connectivity index (χ3v) is 3.38. The number of hydrogen-bond acceptors (Lipinski definition) is 4. The Morgan fingerprint density at radius 2 is 2.11 bits per heavy atom. The Bertz CT molecular complexity index is 546. The lowest BCUT2D eigenvalue weighted by Crippen LogP contribution is -2.28. The molecule has 19 heavy (non-hydrogen) atoms. The minimum Gasteiger partial charge on any atom is -0.369 e. The summed E-state index contributed by atoms with van der Waals surface area (Å²) in [7, 11) is 0. The van der Waals surface area contributed by atoms with Crippen LogP contribution in [0.2, 0.25) is 0 Å². The van der Waals surface area contributed by atoms with Crippen LogP contribution in [0.1, 0.15) is 25.8 Å². The lowest BCUT2D eigenvalue weighted by molar-refractivity contribution is 0.278. The number of anilines is 1. The van der Waals surface area contributed by atoms with Gasteiger partial charge in [0.1, 0.15) is 5.52 Å². The van der Waals surface area contributed by atoms with Crippen LogP contribution >= 0.6 is 0 Å². The van der Waals surface area contributed by atoms with Gasteiger partial charge in [-0.3, -0.25) is 4.57 Å². The number of aryl methyl sites for hydroxylation is 1. The van der Waals surface area contributed by atoms with Crippen LogP contribution in [-0.2, 0) is 6.54 Å². The van der Waals surface area contributed by atoms with Gasteiger partial charge in [0, 0.05) is 19.3 Å². The summed E-state index contributed by atoms with van der Waals surface area (Å²) < 4.78 is 2.01. The van der Waals surface area contributed by atoms with E-state index in [-0.39, 0.29) is 0 Å². The second kappa shape index (κ2) is 6.02. The van der Waals surface area contributed by atoms with Gasteiger partial charge in [-0.15, -0.1) is 0 Å². The lowest BCUT2D eigenvalue weighted by Gasteiger charge is -2.19. The molecule has 0 bridgehead atoms. The maximum Gasteiger partial charge on any atom is 0.202 e. The molecule has 0 unspecified atom stereocenters. The molecule has 0 atom stereocenters. The van der Waals surface area contributed by atoms with Gasteiger partial charge in [0.15, 0.2) is 5.65 Å². The second-order valence-corrected chi connectivity index (χ2v) is 4.91. The molecule has 0 aliphatic rings. The first kappa shape index (κ1) is 13.8. The maximum absolute atomic E-state index is 6.00. The fraction of sp³-hybridized carbons (Fsp3) is 0.571. The highest BCUT2D eigenvalue weighted by molar-refractivity contribution is 5.74. The molecule has 2 heterocycles. The number of likely N-dealkylation sites (N-methyl/N-ethyl adjacent to an activating group) is 1. The van der Waals surface area contributed by atoms with Crippen molar-refractivity contribution in [2.45, 2.75) is 33.7 Å². The molecule has 2 rings (SSSR count). The van der Waals surface area contributed by atoms with E-state index in [1.165, 1.54) is 6.42 Å². The topological polar surface area (TPSA) is 60.0 Å². The first-order valence-corrected chi connectivity index (χ1v) is 6.96. The monoisotopic (exact) mass is 261 g/mol. The van der Waals surface area contributed by atoms with Gasteiger partial charge in [-0.1, -0.05) is 13.8 Å². The third kappa shape index (κ3) is 3.04. The Kier molecular flexibility index (Phi) is 4.37. The standard InChI is InChI=1S/C14H23N5/c1-4-6-18(5-2)7-8-19-13-12(17-14(19)15)9-11(3)10-16-13/h9-10H,4-8H2,1-3H3,(H2,15,17). The molecule has 104 valence electrons. The van der Waals surface area contributed by atoms with E-state index in [0.717, 1.165) is 42.9 Å². The Morgan fingerprint density at radius 1 is 1.32 bits per heavy atom. The van der Waals surface area contributed by atoms with Crippen LogP contribution in [0, 0.1) is 6.92 Å². The van der Waals surface area contributed by atoms with Gasteiger partial charge in [0.05, 0.1) is 0 Å². The largest absolute Gasteiger partial charge is 0.369 e. The van der Waals surface area contributed by atoms with Crippen molar-refractivity contribution in [3.05, 3.63) is 17.8 Å². The number of aromatic nitrogens is 3. The zero-order chi connectivity index (χ0) is 13.8. The van der Waals surface area contributed by atoms with Crippen molar-refractivity contribution in [2.75, 3.05) is 25.4 Å². The van der Waals surface area contributed by atoms with Gasteiger partial charge in [0.2, 0.25) is 5.95 Å². The van der Waals surface area contributed by atoms with Gasteiger partial charge >= 0.3 is 0 Å². The van der Waals surface area contributed by atoms with Crippen LogP contribution in [-0.4, -0.2) is 39.1 Å². The molecule has 2 aromatic rings. The van der Waals surface area contributed by atoms with Crippen molar-refractivity contribution in [1.29, 1.82) is 0 Å². The number of rotatable bonds is 6. The van der Waals surface area contributed by atoms with Gasteiger partial charge < -0.3 is 10.6 Å². The molecule has 0 saturated carbocycles. The van der Waals surface area contributed by atoms with E-state index in [1.807, 2.05) is 23.8 Å². The molecule has 0 aliphatic carbocycles. The van der Waals surface area contributed by atoms with Crippen molar-refractivity contribution in [2.24, 2.45) is 0 Å². The summed E-state index contributed by atoms with van der Waals surface area (Å²) >= 11 is 0. The molecular formula is C14H23N5. The number of nitrogens with zero attached hydrogens (tertiary/aromatic N) is 4. The zero-order valence-electron chi connectivity index (χ0n) is 12.1. The fourth-order valence-corrected chi connectivity index (χ4v) is 2.34. The summed E-state index contributed by atoms with van der Waals surface area (Å²) in [6, 6.07) is 2.03. The van der Waals surface area contributed by atoms with Gasteiger partial charge in [-0.2, -0.15) is 0 Å². The van der Waals surface area contributed by atoms with Crippen LogP contribution in [0.5, 0.6) is 0 Å². The van der Waals surface area contributed by atoms with Crippen molar-refractivity contribution < 1.29 is 0 Å². The first-order valence-electron chi connectivity index (χ1n) is 6.96. The number of nitrogens with two attached hydrogens (primary N) is 1. The zero-order valence-corrected chi connectivity index (χ0v) is 12.1. The highest BCUT2D eigenvalue weighted by Gasteiger charge is 2.10. The predicted octanol–water partition coefficient (Wildman–Crippen LogP) is 2.05. The third-order valence-electron chi connectivity index (χ3n) is 3.38. The van der Waals surface area contributed by atoms with E-state index >= 15 is 0 Å². The Morgan fingerprint density at radius 3 is 2.79 bits per heavy atom. The minimum atomic E-state index is 0.556. The van der Waals surface area contributed by atoms with Gasteiger partial charge in [0.25, 0.3) is 0 Å². The van der Waals surface area contributed by atoms with E-state index in [9.17, 15) is 0 Å². The molecule has 0 aliphatic heterocycles. The van der Waals surface area contributed by atoms with Crippen LogP contribution in [0.25, 0.3) is 11.2 Å². The minimum absolute atomic E-state index is 0.556. The highest BCUT2D eigenvalue weighted by Crippen LogP contribution is 2.16. The average molecular weight is 261 g/mol. The summed E-state index contributed by atoms with van der Waals surface area (Å²) in [4.78, 5) is 11.3. The van der Waals surface area contributed by atoms with E-state index in [0.29, 0.717) is 5.95 Å². The summed E-state index contributed by atoms with van der Waals surface area (Å²) in [5.74, 6) is 0.556. The molecule has 0 spiro atoms. The summed E-state index contributed by atoms with van der Waals surface area (Å²) in [5, 5.41) is 0. The first-order chi connectivity index (χ1) is 9.15. The maximum atomic E-state index is 6.00. The van der Waals surface area contributed by atoms with Crippen LogP contribution < -0.4 is 5.73 Å². The molecule has 0 radical (unpaired) electrons. The van der Waals surface area contributed by atoms with Crippen molar-refractivity contribution >= 4 is 17.1 Å². The van der Waals surface area contributed by atoms with E-state index < -0.39 is 0 Å². The Hall–Kier alpha value is -1.62. The highest BCUT2D eigenvalue weighted by atomic mass is 15.2. The summed E-state index contributed by atoms with van der Waals surface area (Å²) in [6.45, 7) is 10.4. The molecule has 0 fully saturated rings. The van der Waals surface area contributed by atoms with Crippen LogP contribution in [0.4, 0.5) is 5.95 Å². The van der Waals surface area contributed by atoms with Crippen molar-refractivity contribution in [3.8, 4) is 0 Å². The molecule has 0 aromatic carbocycles.